The van der Waals surface area contributed by atoms with Gasteiger partial charge in [-0.25, -0.2) is 0 Å². The summed E-state index contributed by atoms with van der Waals surface area (Å²) in [5.41, 5.74) is 3.21. The average Bonchev–Trinajstić information content (AvgIpc) is 2.51. The first-order chi connectivity index (χ1) is 8.48. The zero-order valence-corrected chi connectivity index (χ0v) is 12.1. The molecule has 1 aliphatic rings. The fourth-order valence-electron chi connectivity index (χ4n) is 2.38. The van der Waals surface area contributed by atoms with Crippen molar-refractivity contribution in [2.24, 2.45) is 5.41 Å². The van der Waals surface area contributed by atoms with Crippen LogP contribution < -0.4 is 10.6 Å². The van der Waals surface area contributed by atoms with E-state index < -0.39 is 0 Å². The van der Waals surface area contributed by atoms with Crippen molar-refractivity contribution in [1.29, 1.82) is 0 Å². The van der Waals surface area contributed by atoms with Crippen molar-refractivity contribution in [2.45, 2.75) is 52.7 Å². The predicted molar refractivity (Wildman–Crippen MR) is 77.6 cm³/mol. The first-order valence-corrected chi connectivity index (χ1v) is 7.03. The van der Waals surface area contributed by atoms with E-state index in [1.807, 2.05) is 0 Å². The maximum absolute atomic E-state index is 3.81. The number of rotatable bonds is 2. The third-order valence-electron chi connectivity index (χ3n) is 4.11. The van der Waals surface area contributed by atoms with Gasteiger partial charge in [-0.3, -0.25) is 0 Å². The fourth-order valence-corrected chi connectivity index (χ4v) is 2.38. The molecule has 2 unspecified atom stereocenters. The zero-order chi connectivity index (χ0) is 13.2. The third-order valence-corrected chi connectivity index (χ3v) is 4.11. The second-order valence-electron chi connectivity index (χ2n) is 6.47. The van der Waals surface area contributed by atoms with E-state index in [0.717, 1.165) is 19.5 Å². The van der Waals surface area contributed by atoms with Crippen LogP contribution in [0.1, 0.15) is 51.3 Å². The Bertz CT molecular complexity index is 392. The molecule has 0 bridgehead atoms. The Labute approximate surface area is 111 Å². The minimum absolute atomic E-state index is 0.300. The lowest BCUT2D eigenvalue weighted by Gasteiger charge is -2.32. The molecule has 0 radical (unpaired) electrons. The molecule has 2 atom stereocenters. The van der Waals surface area contributed by atoms with E-state index in [9.17, 15) is 0 Å². The molecule has 1 aliphatic heterocycles. The van der Waals surface area contributed by atoms with Gasteiger partial charge in [0.1, 0.15) is 0 Å². The third kappa shape index (κ3) is 3.12. The summed E-state index contributed by atoms with van der Waals surface area (Å²) in [7, 11) is 0. The van der Waals surface area contributed by atoms with Crippen molar-refractivity contribution in [3.05, 3.63) is 35.4 Å². The van der Waals surface area contributed by atoms with Crippen LogP contribution in [-0.2, 0) is 6.54 Å². The van der Waals surface area contributed by atoms with Crippen LogP contribution in [0.5, 0.6) is 0 Å². The topological polar surface area (TPSA) is 24.1 Å². The van der Waals surface area contributed by atoms with E-state index in [1.165, 1.54) is 11.1 Å². The van der Waals surface area contributed by atoms with Crippen molar-refractivity contribution in [2.75, 3.05) is 6.54 Å². The van der Waals surface area contributed by atoms with Gasteiger partial charge in [0.15, 0.2) is 0 Å². The molecule has 1 heterocycles. The largest absolute Gasteiger partial charge is 0.313 e. The minimum Gasteiger partial charge on any atom is -0.313 e. The number of hydrogen-bond acceptors (Lipinski definition) is 2. The minimum atomic E-state index is 0.300. The van der Waals surface area contributed by atoms with Crippen LogP contribution in [0.4, 0.5) is 0 Å². The lowest BCUT2D eigenvalue weighted by Crippen LogP contribution is -2.40. The van der Waals surface area contributed by atoms with Crippen molar-refractivity contribution in [3.63, 3.8) is 0 Å². The maximum Gasteiger partial charge on any atom is 0.0338 e. The van der Waals surface area contributed by atoms with E-state index in [1.54, 1.807) is 0 Å². The standard InChI is InChI=1S/C16H26N2/c1-12(16(2,3)4)18-15-9-10-17-11-13-7-5-6-8-14(13)15/h5-8,12,15,17-18H,9-11H2,1-4H3. The molecule has 0 aliphatic carbocycles. The van der Waals surface area contributed by atoms with Gasteiger partial charge in [-0.15, -0.1) is 0 Å². The number of hydrogen-bond donors (Lipinski definition) is 2. The summed E-state index contributed by atoms with van der Waals surface area (Å²) >= 11 is 0. The summed E-state index contributed by atoms with van der Waals surface area (Å²) < 4.78 is 0. The van der Waals surface area contributed by atoms with Gasteiger partial charge in [-0.2, -0.15) is 0 Å². The van der Waals surface area contributed by atoms with E-state index in [2.05, 4.69) is 62.6 Å². The Hall–Kier alpha value is -0.860. The molecule has 2 nitrogen and oxygen atoms in total. The highest BCUT2D eigenvalue weighted by Crippen LogP contribution is 2.27. The molecule has 1 aromatic rings. The van der Waals surface area contributed by atoms with Crippen molar-refractivity contribution >= 4 is 0 Å². The normalized spacial score (nSPS) is 22.1. The highest BCUT2D eigenvalue weighted by Gasteiger charge is 2.25. The summed E-state index contributed by atoms with van der Waals surface area (Å²) in [6.45, 7) is 11.3. The summed E-state index contributed by atoms with van der Waals surface area (Å²) in [6, 6.07) is 9.79. The van der Waals surface area contributed by atoms with Gasteiger partial charge in [-0.05, 0) is 36.4 Å². The van der Waals surface area contributed by atoms with Crippen LogP contribution in [0, 0.1) is 5.41 Å². The zero-order valence-electron chi connectivity index (χ0n) is 12.1. The van der Waals surface area contributed by atoms with Crippen LogP contribution in [-0.4, -0.2) is 12.6 Å². The van der Waals surface area contributed by atoms with Crippen molar-refractivity contribution in [3.8, 4) is 0 Å². The van der Waals surface area contributed by atoms with Crippen LogP contribution in [0.15, 0.2) is 24.3 Å². The Balaban J connectivity index is 2.18. The van der Waals surface area contributed by atoms with Gasteiger partial charge >= 0.3 is 0 Å². The van der Waals surface area contributed by atoms with Crippen LogP contribution in [0.2, 0.25) is 0 Å². The highest BCUT2D eigenvalue weighted by atomic mass is 15.0. The van der Waals surface area contributed by atoms with Gasteiger partial charge in [-0.1, -0.05) is 45.0 Å². The van der Waals surface area contributed by atoms with E-state index in [-0.39, 0.29) is 0 Å². The molecule has 0 saturated heterocycles. The predicted octanol–water partition coefficient (Wildman–Crippen LogP) is 3.25. The second-order valence-corrected chi connectivity index (χ2v) is 6.47. The van der Waals surface area contributed by atoms with Gasteiger partial charge in [0.05, 0.1) is 0 Å². The SMILES string of the molecule is CC(NC1CCNCc2ccccc21)C(C)(C)C. The molecule has 0 amide bonds. The van der Waals surface area contributed by atoms with Crippen molar-refractivity contribution in [1.82, 2.24) is 10.6 Å². The summed E-state index contributed by atoms with van der Waals surface area (Å²) in [6.07, 6.45) is 1.16. The first kappa shape index (κ1) is 13.6. The molecule has 0 saturated carbocycles. The molecule has 0 fully saturated rings. The van der Waals surface area contributed by atoms with Gasteiger partial charge in [0.25, 0.3) is 0 Å². The Kier molecular flexibility index (Phi) is 4.08. The molecular weight excluding hydrogens is 220 g/mol. The van der Waals surface area contributed by atoms with Gasteiger partial charge in [0.2, 0.25) is 0 Å². The highest BCUT2D eigenvalue weighted by molar-refractivity contribution is 5.31. The Morgan fingerprint density at radius 2 is 2.00 bits per heavy atom. The molecule has 2 rings (SSSR count). The molecule has 18 heavy (non-hydrogen) atoms. The van der Waals surface area contributed by atoms with E-state index in [0.29, 0.717) is 17.5 Å². The lowest BCUT2D eigenvalue weighted by molar-refractivity contribution is 0.259. The molecular formula is C16H26N2. The number of fused-ring (bicyclic) bond motifs is 1. The molecule has 100 valence electrons. The number of nitrogens with one attached hydrogen (secondary N) is 2. The summed E-state index contributed by atoms with van der Waals surface area (Å²) in [5.74, 6) is 0. The van der Waals surface area contributed by atoms with Gasteiger partial charge < -0.3 is 10.6 Å². The number of benzene rings is 1. The smallest absolute Gasteiger partial charge is 0.0338 e. The Morgan fingerprint density at radius 1 is 1.28 bits per heavy atom. The molecule has 2 heteroatoms. The average molecular weight is 246 g/mol. The molecule has 0 spiro atoms. The maximum atomic E-state index is 3.81. The second kappa shape index (κ2) is 5.41. The lowest BCUT2D eigenvalue weighted by atomic mass is 9.86. The molecule has 2 N–H and O–H groups in total. The van der Waals surface area contributed by atoms with Crippen molar-refractivity contribution < 1.29 is 0 Å². The fraction of sp³-hybridized carbons (Fsp3) is 0.625. The summed E-state index contributed by atoms with van der Waals surface area (Å²) in [4.78, 5) is 0. The van der Waals surface area contributed by atoms with Crippen LogP contribution >= 0.6 is 0 Å². The Morgan fingerprint density at radius 3 is 2.72 bits per heavy atom. The van der Waals surface area contributed by atoms with Crippen LogP contribution in [0.3, 0.4) is 0 Å². The first-order valence-electron chi connectivity index (χ1n) is 7.03. The molecule has 0 aromatic heterocycles. The summed E-state index contributed by atoms with van der Waals surface area (Å²) in [5, 5.41) is 7.32. The van der Waals surface area contributed by atoms with Gasteiger partial charge in [0, 0.05) is 18.6 Å². The quantitative estimate of drug-likeness (QED) is 0.837. The van der Waals surface area contributed by atoms with Crippen LogP contribution in [0.25, 0.3) is 0 Å². The van der Waals surface area contributed by atoms with E-state index in [4.69, 9.17) is 0 Å². The molecule has 1 aromatic carbocycles. The van der Waals surface area contributed by atoms with E-state index >= 15 is 0 Å². The monoisotopic (exact) mass is 246 g/mol.